The molecule has 5 aromatic carbocycles. The van der Waals surface area contributed by atoms with Crippen molar-refractivity contribution in [2.45, 2.75) is 19.5 Å². The average molecular weight is 543 g/mol. The van der Waals surface area contributed by atoms with Crippen LogP contribution in [-0.4, -0.2) is 7.11 Å². The van der Waals surface area contributed by atoms with Gasteiger partial charge in [-0.1, -0.05) is 126 Å². The maximum atomic E-state index is 16.0. The fourth-order valence-electron chi connectivity index (χ4n) is 5.46. The lowest BCUT2D eigenvalue weighted by atomic mass is 9.95. The molecule has 0 amide bonds. The summed E-state index contributed by atoms with van der Waals surface area (Å²) in [4.78, 5) is 0. The van der Waals surface area contributed by atoms with Gasteiger partial charge < -0.3 is 14.0 Å². The van der Waals surface area contributed by atoms with Crippen molar-refractivity contribution in [1.82, 2.24) is 0 Å². The number of fused-ring (bicyclic) bond motifs is 1. The van der Waals surface area contributed by atoms with Gasteiger partial charge in [0.15, 0.2) is 7.14 Å². The Labute approximate surface area is 236 Å². The fourth-order valence-corrected chi connectivity index (χ4v) is 8.66. The van der Waals surface area contributed by atoms with E-state index < -0.39 is 12.8 Å². The van der Waals surface area contributed by atoms with Crippen LogP contribution in [0.25, 0.3) is 5.57 Å². The van der Waals surface area contributed by atoms with E-state index in [2.05, 4.69) is 38.1 Å². The summed E-state index contributed by atoms with van der Waals surface area (Å²) in [6.07, 6.45) is 0. The number of hydrogen-bond donors (Lipinski definition) is 0. The van der Waals surface area contributed by atoms with E-state index in [4.69, 9.17) is 9.47 Å². The molecule has 1 unspecified atom stereocenters. The number of aryl methyl sites for hydroxylation is 2. The second-order valence-electron chi connectivity index (χ2n) is 10.2. The van der Waals surface area contributed by atoms with Gasteiger partial charge in [0.2, 0.25) is 0 Å². The molecule has 1 aliphatic heterocycles. The van der Waals surface area contributed by atoms with Crippen molar-refractivity contribution in [3.63, 3.8) is 0 Å². The zero-order valence-corrected chi connectivity index (χ0v) is 23.8. The standard InChI is InChI=1S/C36H31O3P/c1-25-14-19-30(20-15-25)40(37,31-21-16-26(2)17-22-31)36-32-23-18-29(38-3)24-33(32)39-35(36)34(27-10-6-4-7-11-27)28-12-8-5-9-13-28/h4-24,36H,1-3H3. The first-order valence-corrected chi connectivity index (χ1v) is 15.2. The van der Waals surface area contributed by atoms with Crippen LogP contribution in [0, 0.1) is 13.8 Å². The number of allylic oxidation sites excluding steroid dienone is 1. The topological polar surface area (TPSA) is 35.5 Å². The lowest BCUT2D eigenvalue weighted by Crippen LogP contribution is -2.22. The summed E-state index contributed by atoms with van der Waals surface area (Å²) in [6.45, 7) is 4.10. The second-order valence-corrected chi connectivity index (χ2v) is 13.1. The molecule has 5 aromatic rings. The Hall–Kier alpha value is -4.33. The molecule has 0 aliphatic carbocycles. The number of hydrogen-bond acceptors (Lipinski definition) is 3. The van der Waals surface area contributed by atoms with Crippen LogP contribution in [0.5, 0.6) is 11.5 Å². The van der Waals surface area contributed by atoms with E-state index in [-0.39, 0.29) is 0 Å². The maximum Gasteiger partial charge on any atom is 0.157 e. The first-order chi connectivity index (χ1) is 19.5. The van der Waals surface area contributed by atoms with Gasteiger partial charge in [-0.3, -0.25) is 0 Å². The number of methoxy groups -OCH3 is 1. The van der Waals surface area contributed by atoms with E-state index in [1.807, 2.05) is 103 Å². The smallest absolute Gasteiger partial charge is 0.157 e. The van der Waals surface area contributed by atoms with Gasteiger partial charge in [0, 0.05) is 27.8 Å². The van der Waals surface area contributed by atoms with Gasteiger partial charge in [-0.25, -0.2) is 0 Å². The third kappa shape index (κ3) is 4.57. The molecular formula is C36H31O3P. The van der Waals surface area contributed by atoms with Gasteiger partial charge in [-0.05, 0) is 31.0 Å². The molecule has 0 radical (unpaired) electrons. The summed E-state index contributed by atoms with van der Waals surface area (Å²) in [5.41, 5.74) is 5.55. The van der Waals surface area contributed by atoms with Crippen molar-refractivity contribution >= 4 is 23.3 Å². The van der Waals surface area contributed by atoms with Crippen LogP contribution >= 0.6 is 7.14 Å². The predicted molar refractivity (Wildman–Crippen MR) is 165 cm³/mol. The van der Waals surface area contributed by atoms with E-state index in [9.17, 15) is 0 Å². The van der Waals surface area contributed by atoms with Crippen molar-refractivity contribution < 1.29 is 14.0 Å². The van der Waals surface area contributed by atoms with Crippen molar-refractivity contribution in [2.24, 2.45) is 0 Å². The number of ether oxygens (including phenoxy) is 2. The van der Waals surface area contributed by atoms with Gasteiger partial charge in [0.1, 0.15) is 22.9 Å². The molecule has 6 rings (SSSR count). The van der Waals surface area contributed by atoms with E-state index in [1.54, 1.807) is 7.11 Å². The molecule has 40 heavy (non-hydrogen) atoms. The second kappa shape index (κ2) is 10.7. The quantitative estimate of drug-likeness (QED) is 0.203. The van der Waals surface area contributed by atoms with Crippen LogP contribution in [-0.2, 0) is 4.57 Å². The number of benzene rings is 5. The Kier molecular flexibility index (Phi) is 6.92. The molecule has 0 N–H and O–H groups in total. The molecule has 4 heteroatoms. The Morgan fingerprint density at radius 2 is 1.18 bits per heavy atom. The highest BCUT2D eigenvalue weighted by Gasteiger charge is 2.47. The molecule has 0 fully saturated rings. The van der Waals surface area contributed by atoms with Crippen LogP contribution in [0.4, 0.5) is 0 Å². The molecule has 3 nitrogen and oxygen atoms in total. The van der Waals surface area contributed by atoms with Crippen LogP contribution in [0.2, 0.25) is 0 Å². The Bertz CT molecular complexity index is 1630. The van der Waals surface area contributed by atoms with Crippen LogP contribution in [0.3, 0.4) is 0 Å². The lowest BCUT2D eigenvalue weighted by molar-refractivity contribution is 0.406. The largest absolute Gasteiger partial charge is 0.497 e. The lowest BCUT2D eigenvalue weighted by Gasteiger charge is -2.28. The minimum absolute atomic E-state index is 0.533. The SMILES string of the molecule is COc1ccc2c(c1)OC(=C(c1ccccc1)c1ccccc1)C2P(=O)(c1ccc(C)cc1)c1ccc(C)cc1. The molecule has 0 bridgehead atoms. The van der Waals surface area contributed by atoms with Crippen LogP contribution in [0.15, 0.2) is 133 Å². The van der Waals surface area contributed by atoms with Crippen molar-refractivity contribution in [1.29, 1.82) is 0 Å². The van der Waals surface area contributed by atoms with Gasteiger partial charge in [-0.2, -0.15) is 0 Å². The monoisotopic (exact) mass is 542 g/mol. The summed E-state index contributed by atoms with van der Waals surface area (Å²) in [6, 6.07) is 42.5. The summed E-state index contributed by atoms with van der Waals surface area (Å²) < 4.78 is 28.3. The molecule has 0 saturated heterocycles. The molecule has 1 atom stereocenters. The summed E-state index contributed by atoms with van der Waals surface area (Å²) in [7, 11) is -1.70. The third-order valence-corrected chi connectivity index (χ3v) is 10.9. The minimum atomic E-state index is -3.34. The van der Waals surface area contributed by atoms with Crippen LogP contribution in [0.1, 0.15) is 33.5 Å². The third-order valence-electron chi connectivity index (χ3n) is 7.55. The van der Waals surface area contributed by atoms with E-state index in [1.165, 1.54) is 0 Å². The van der Waals surface area contributed by atoms with Gasteiger partial charge in [-0.15, -0.1) is 0 Å². The number of rotatable bonds is 6. The van der Waals surface area contributed by atoms with Gasteiger partial charge >= 0.3 is 0 Å². The van der Waals surface area contributed by atoms with E-state index in [0.29, 0.717) is 17.3 Å². The van der Waals surface area contributed by atoms with E-state index in [0.717, 1.165) is 44.0 Å². The maximum absolute atomic E-state index is 16.0. The van der Waals surface area contributed by atoms with Crippen molar-refractivity contribution in [2.75, 3.05) is 7.11 Å². The summed E-state index contributed by atoms with van der Waals surface area (Å²) in [5.74, 6) is 2.05. The van der Waals surface area contributed by atoms with Crippen molar-refractivity contribution in [3.05, 3.63) is 161 Å². The average Bonchev–Trinajstić information content (AvgIpc) is 3.37. The molecular weight excluding hydrogens is 511 g/mol. The Morgan fingerprint density at radius 3 is 1.65 bits per heavy atom. The molecule has 0 spiro atoms. The predicted octanol–water partition coefficient (Wildman–Crippen LogP) is 8.22. The molecule has 0 saturated carbocycles. The summed E-state index contributed by atoms with van der Waals surface area (Å²) >= 11 is 0. The van der Waals surface area contributed by atoms with Crippen LogP contribution < -0.4 is 20.1 Å². The summed E-state index contributed by atoms with van der Waals surface area (Å²) in [5, 5.41) is 1.61. The zero-order chi connectivity index (χ0) is 27.7. The first kappa shape index (κ1) is 25.9. The highest BCUT2D eigenvalue weighted by molar-refractivity contribution is 7.79. The normalized spacial score (nSPS) is 14.4. The highest BCUT2D eigenvalue weighted by atomic mass is 31.2. The Morgan fingerprint density at radius 1 is 0.675 bits per heavy atom. The molecule has 1 heterocycles. The highest BCUT2D eigenvalue weighted by Crippen LogP contribution is 2.66. The molecule has 0 aromatic heterocycles. The first-order valence-electron chi connectivity index (χ1n) is 13.4. The van der Waals surface area contributed by atoms with E-state index >= 15 is 4.57 Å². The van der Waals surface area contributed by atoms with Gasteiger partial charge in [0.05, 0.1) is 7.11 Å². The Balaban J connectivity index is 1.72. The molecule has 1 aliphatic rings. The molecule has 198 valence electrons. The zero-order valence-electron chi connectivity index (χ0n) is 22.9. The van der Waals surface area contributed by atoms with Crippen molar-refractivity contribution in [3.8, 4) is 11.5 Å². The fraction of sp³-hybridized carbons (Fsp3) is 0.111. The van der Waals surface area contributed by atoms with Gasteiger partial charge in [0.25, 0.3) is 0 Å². The minimum Gasteiger partial charge on any atom is -0.497 e.